The van der Waals surface area contributed by atoms with Gasteiger partial charge in [-0.1, -0.05) is 44.5 Å². The molecule has 0 unspecified atom stereocenters. The van der Waals surface area contributed by atoms with Crippen LogP contribution in [-0.2, 0) is 5.41 Å². The molecule has 0 bridgehead atoms. The van der Waals surface area contributed by atoms with Gasteiger partial charge in [0.15, 0.2) is 0 Å². The molecule has 70 valence electrons. The Bertz CT molecular complexity index is 266. The van der Waals surface area contributed by atoms with Crippen molar-refractivity contribution >= 4 is 11.6 Å². The summed E-state index contributed by atoms with van der Waals surface area (Å²) in [4.78, 5) is 0. The van der Waals surface area contributed by atoms with Crippen LogP contribution in [0, 0.1) is 11.8 Å². The molecule has 1 nitrogen and oxygen atoms in total. The fourth-order valence-electron chi connectivity index (χ4n) is 0.950. The summed E-state index contributed by atoms with van der Waals surface area (Å²) in [6, 6.07) is 8.01. The third-order valence-corrected chi connectivity index (χ3v) is 1.96. The number of rotatable bonds is 0. The lowest BCUT2D eigenvalue weighted by molar-refractivity contribution is 0.590. The van der Waals surface area contributed by atoms with Crippen LogP contribution in [0.15, 0.2) is 24.3 Å². The summed E-state index contributed by atoms with van der Waals surface area (Å²) in [6.07, 6.45) is 0. The Kier molecular flexibility index (Phi) is 4.51. The SMILES string of the molecule is C#N.CC(C)(C)c1ccc(Cl)cc1. The summed E-state index contributed by atoms with van der Waals surface area (Å²) in [5.41, 5.74) is 1.55. The van der Waals surface area contributed by atoms with Crippen molar-refractivity contribution in [3.05, 3.63) is 34.9 Å². The van der Waals surface area contributed by atoms with E-state index in [1.807, 2.05) is 12.1 Å². The monoisotopic (exact) mass is 195 g/mol. The van der Waals surface area contributed by atoms with Gasteiger partial charge < -0.3 is 0 Å². The van der Waals surface area contributed by atoms with E-state index < -0.39 is 0 Å². The Morgan fingerprint density at radius 1 is 1.08 bits per heavy atom. The van der Waals surface area contributed by atoms with Crippen LogP contribution < -0.4 is 0 Å². The van der Waals surface area contributed by atoms with Gasteiger partial charge in [-0.05, 0) is 23.1 Å². The number of hydrogen-bond acceptors (Lipinski definition) is 1. The number of benzene rings is 1. The molecule has 0 saturated heterocycles. The van der Waals surface area contributed by atoms with Crippen LogP contribution in [0.2, 0.25) is 5.02 Å². The molecule has 0 saturated carbocycles. The quantitative estimate of drug-likeness (QED) is 0.618. The number of hydrogen-bond donors (Lipinski definition) is 0. The molecule has 0 heterocycles. The van der Waals surface area contributed by atoms with Crippen LogP contribution in [0.1, 0.15) is 26.3 Å². The van der Waals surface area contributed by atoms with E-state index in [4.69, 9.17) is 16.9 Å². The van der Waals surface area contributed by atoms with Crippen LogP contribution in [-0.4, -0.2) is 0 Å². The van der Waals surface area contributed by atoms with Crippen molar-refractivity contribution in [3.8, 4) is 6.57 Å². The molecule has 2 heteroatoms. The number of halogens is 1. The maximum atomic E-state index is 6.50. The standard InChI is InChI=1S/C10H13Cl.CHN/c1-10(2,3)8-4-6-9(11)7-5-8;1-2/h4-7H,1-3H3;1H. The number of nitrogens with zero attached hydrogens (tertiary/aromatic N) is 1. The Morgan fingerprint density at radius 2 is 1.46 bits per heavy atom. The number of nitriles is 1. The van der Waals surface area contributed by atoms with E-state index >= 15 is 0 Å². The van der Waals surface area contributed by atoms with Gasteiger partial charge in [-0.15, -0.1) is 0 Å². The zero-order chi connectivity index (χ0) is 10.5. The highest BCUT2D eigenvalue weighted by molar-refractivity contribution is 6.30. The van der Waals surface area contributed by atoms with E-state index in [1.54, 1.807) is 0 Å². The first-order valence-electron chi connectivity index (χ1n) is 4.02. The molecule has 0 aliphatic heterocycles. The van der Waals surface area contributed by atoms with Gasteiger partial charge in [0, 0.05) is 11.6 Å². The molecule has 1 rings (SSSR count). The summed E-state index contributed by atoms with van der Waals surface area (Å²) < 4.78 is 0. The van der Waals surface area contributed by atoms with Gasteiger partial charge in [0.05, 0.1) is 0 Å². The van der Waals surface area contributed by atoms with Crippen LogP contribution in [0.5, 0.6) is 0 Å². The Hall–Kier alpha value is -1.00. The van der Waals surface area contributed by atoms with E-state index in [1.165, 1.54) is 5.56 Å². The second-order valence-corrected chi connectivity index (χ2v) is 4.19. The summed E-state index contributed by atoms with van der Waals surface area (Å²) in [5, 5.41) is 7.30. The largest absolute Gasteiger partial charge is 0.202 e. The molecule has 0 radical (unpaired) electrons. The van der Waals surface area contributed by atoms with Crippen molar-refractivity contribution in [2.24, 2.45) is 0 Å². The minimum Gasteiger partial charge on any atom is -0.202 e. The van der Waals surface area contributed by atoms with Gasteiger partial charge in [-0.25, -0.2) is 5.26 Å². The maximum absolute atomic E-state index is 6.50. The topological polar surface area (TPSA) is 23.8 Å². The molecule has 0 aromatic heterocycles. The zero-order valence-electron chi connectivity index (χ0n) is 8.21. The predicted molar refractivity (Wildman–Crippen MR) is 56.8 cm³/mol. The van der Waals surface area contributed by atoms with E-state index in [0.29, 0.717) is 0 Å². The molecular formula is C11H14ClN. The Balaban J connectivity index is 0.000000671. The summed E-state index contributed by atoms with van der Waals surface area (Å²) in [6.45, 7) is 10.1. The Morgan fingerprint density at radius 3 is 1.77 bits per heavy atom. The highest BCUT2D eigenvalue weighted by Crippen LogP contribution is 2.23. The van der Waals surface area contributed by atoms with Crippen LogP contribution in [0.3, 0.4) is 0 Å². The molecule has 13 heavy (non-hydrogen) atoms. The van der Waals surface area contributed by atoms with E-state index in [0.717, 1.165) is 5.02 Å². The molecule has 1 aromatic carbocycles. The van der Waals surface area contributed by atoms with Crippen molar-refractivity contribution in [3.63, 3.8) is 0 Å². The van der Waals surface area contributed by atoms with Gasteiger partial charge in [-0.2, -0.15) is 0 Å². The minimum atomic E-state index is 0.227. The molecule has 0 N–H and O–H groups in total. The third kappa shape index (κ3) is 3.96. The van der Waals surface area contributed by atoms with Crippen LogP contribution >= 0.6 is 11.6 Å². The minimum absolute atomic E-state index is 0.227. The molecule has 0 aliphatic carbocycles. The van der Waals surface area contributed by atoms with Crippen molar-refractivity contribution in [2.45, 2.75) is 26.2 Å². The van der Waals surface area contributed by atoms with Crippen LogP contribution in [0.25, 0.3) is 0 Å². The second kappa shape index (κ2) is 4.89. The molecule has 0 amide bonds. The fraction of sp³-hybridized carbons (Fsp3) is 0.364. The Labute approximate surface area is 85.0 Å². The van der Waals surface area contributed by atoms with Crippen molar-refractivity contribution in [1.82, 2.24) is 0 Å². The first-order chi connectivity index (χ1) is 6.00. The summed E-state index contributed by atoms with van der Waals surface area (Å²) in [5.74, 6) is 0. The zero-order valence-corrected chi connectivity index (χ0v) is 8.97. The molecule has 0 aliphatic rings. The highest BCUT2D eigenvalue weighted by Gasteiger charge is 2.12. The second-order valence-electron chi connectivity index (χ2n) is 3.76. The lowest BCUT2D eigenvalue weighted by Crippen LogP contribution is -2.10. The van der Waals surface area contributed by atoms with Crippen molar-refractivity contribution in [1.29, 1.82) is 5.26 Å². The molecular weight excluding hydrogens is 182 g/mol. The smallest absolute Gasteiger partial charge is 0.0462 e. The maximum Gasteiger partial charge on any atom is 0.0462 e. The average molecular weight is 196 g/mol. The molecule has 0 atom stereocenters. The normalized spacial score (nSPS) is 10.0. The summed E-state index contributed by atoms with van der Waals surface area (Å²) in [7, 11) is 0. The lowest BCUT2D eigenvalue weighted by atomic mass is 9.87. The van der Waals surface area contributed by atoms with E-state index in [-0.39, 0.29) is 5.41 Å². The van der Waals surface area contributed by atoms with Gasteiger partial charge in [0.2, 0.25) is 0 Å². The average Bonchev–Trinajstić information content (AvgIpc) is 2.07. The summed E-state index contributed by atoms with van der Waals surface area (Å²) >= 11 is 5.76. The van der Waals surface area contributed by atoms with E-state index in [9.17, 15) is 0 Å². The molecule has 0 fully saturated rings. The van der Waals surface area contributed by atoms with Crippen molar-refractivity contribution in [2.75, 3.05) is 0 Å². The van der Waals surface area contributed by atoms with E-state index in [2.05, 4.69) is 39.5 Å². The lowest BCUT2D eigenvalue weighted by Gasteiger charge is -2.18. The first kappa shape index (κ1) is 12.0. The third-order valence-electron chi connectivity index (χ3n) is 1.71. The molecule has 1 aromatic rings. The van der Waals surface area contributed by atoms with Gasteiger partial charge >= 0.3 is 0 Å². The van der Waals surface area contributed by atoms with Crippen LogP contribution in [0.4, 0.5) is 0 Å². The molecule has 0 spiro atoms. The van der Waals surface area contributed by atoms with Crippen molar-refractivity contribution < 1.29 is 0 Å². The fourth-order valence-corrected chi connectivity index (χ4v) is 1.08. The first-order valence-corrected chi connectivity index (χ1v) is 4.40. The highest BCUT2D eigenvalue weighted by atomic mass is 35.5. The van der Waals surface area contributed by atoms with Gasteiger partial charge in [0.1, 0.15) is 0 Å². The van der Waals surface area contributed by atoms with Gasteiger partial charge in [-0.3, -0.25) is 0 Å². The predicted octanol–water partition coefficient (Wildman–Crippen LogP) is 3.78. The van der Waals surface area contributed by atoms with Gasteiger partial charge in [0.25, 0.3) is 0 Å².